The standard InChI is InChI=1S/C14H15Cl2NO4/c1-21-12(14(19)20)6-17-13(18)11-5-10(11)7-2-8(15)4-9(16)3-7/h2-4,10-12H,5-6H2,1H3,(H,17,18)(H,19,20). The van der Waals surface area contributed by atoms with Crippen LogP contribution in [0.5, 0.6) is 0 Å². The predicted molar refractivity (Wildman–Crippen MR) is 78.8 cm³/mol. The molecule has 3 unspecified atom stereocenters. The van der Waals surface area contributed by atoms with Crippen molar-refractivity contribution in [2.45, 2.75) is 18.4 Å². The Bertz CT molecular complexity index is 544. The molecule has 1 aliphatic rings. The van der Waals surface area contributed by atoms with E-state index in [4.69, 9.17) is 33.0 Å². The summed E-state index contributed by atoms with van der Waals surface area (Å²) in [6.45, 7) is -0.0514. The first kappa shape index (κ1) is 16.1. The lowest BCUT2D eigenvalue weighted by Gasteiger charge is -2.11. The third-order valence-electron chi connectivity index (χ3n) is 3.46. The Morgan fingerprint density at radius 1 is 1.38 bits per heavy atom. The van der Waals surface area contributed by atoms with Crippen molar-refractivity contribution in [3.63, 3.8) is 0 Å². The number of carbonyl (C=O) groups is 2. The molecule has 0 saturated heterocycles. The first-order valence-electron chi connectivity index (χ1n) is 6.41. The Balaban J connectivity index is 1.90. The Labute approximate surface area is 132 Å². The van der Waals surface area contributed by atoms with Crippen LogP contribution in [0.1, 0.15) is 17.9 Å². The van der Waals surface area contributed by atoms with Crippen molar-refractivity contribution in [1.29, 1.82) is 0 Å². The van der Waals surface area contributed by atoms with Gasteiger partial charge in [-0.2, -0.15) is 0 Å². The zero-order valence-corrected chi connectivity index (χ0v) is 12.8. The highest BCUT2D eigenvalue weighted by Crippen LogP contribution is 2.48. The van der Waals surface area contributed by atoms with Crippen LogP contribution in [-0.2, 0) is 14.3 Å². The molecule has 114 valence electrons. The molecule has 1 aromatic carbocycles. The summed E-state index contributed by atoms with van der Waals surface area (Å²) >= 11 is 11.9. The number of rotatable bonds is 6. The number of carbonyl (C=O) groups excluding carboxylic acids is 1. The van der Waals surface area contributed by atoms with E-state index < -0.39 is 12.1 Å². The van der Waals surface area contributed by atoms with E-state index in [0.717, 1.165) is 5.56 Å². The number of carboxylic acid groups (broad SMARTS) is 1. The number of carboxylic acids is 1. The van der Waals surface area contributed by atoms with Gasteiger partial charge in [-0.05, 0) is 36.1 Å². The zero-order chi connectivity index (χ0) is 15.6. The molecule has 3 atom stereocenters. The first-order chi connectivity index (χ1) is 9.92. The number of methoxy groups -OCH3 is 1. The summed E-state index contributed by atoms with van der Waals surface area (Å²) in [7, 11) is 1.29. The first-order valence-corrected chi connectivity index (χ1v) is 7.17. The molecule has 1 amide bonds. The Morgan fingerprint density at radius 2 is 2.00 bits per heavy atom. The normalized spacial score (nSPS) is 21.7. The topological polar surface area (TPSA) is 75.6 Å². The highest BCUT2D eigenvalue weighted by atomic mass is 35.5. The molecule has 7 heteroatoms. The van der Waals surface area contributed by atoms with Gasteiger partial charge in [0.15, 0.2) is 6.10 Å². The fourth-order valence-electron chi connectivity index (χ4n) is 2.24. The maximum absolute atomic E-state index is 12.0. The summed E-state index contributed by atoms with van der Waals surface area (Å²) in [5.74, 6) is -1.39. The minimum absolute atomic E-state index is 0.0514. The molecule has 0 spiro atoms. The number of ether oxygens (including phenoxy) is 1. The van der Waals surface area contributed by atoms with E-state index in [1.165, 1.54) is 7.11 Å². The molecule has 5 nitrogen and oxygen atoms in total. The third kappa shape index (κ3) is 4.09. The monoisotopic (exact) mass is 331 g/mol. The number of nitrogens with one attached hydrogen (secondary N) is 1. The average Bonchev–Trinajstić information content (AvgIpc) is 3.17. The Kier molecular flexibility index (Phi) is 5.08. The molecule has 21 heavy (non-hydrogen) atoms. The average molecular weight is 332 g/mol. The highest BCUT2D eigenvalue weighted by Gasteiger charge is 2.44. The van der Waals surface area contributed by atoms with Gasteiger partial charge in [-0.3, -0.25) is 4.79 Å². The van der Waals surface area contributed by atoms with Crippen LogP contribution >= 0.6 is 23.2 Å². The Hall–Kier alpha value is -1.30. The van der Waals surface area contributed by atoms with Crippen molar-refractivity contribution < 1.29 is 19.4 Å². The quantitative estimate of drug-likeness (QED) is 0.838. The molecule has 1 aliphatic carbocycles. The number of aliphatic carboxylic acids is 1. The van der Waals surface area contributed by atoms with Crippen LogP contribution in [0, 0.1) is 5.92 Å². The van der Waals surface area contributed by atoms with Crippen molar-refractivity contribution >= 4 is 35.1 Å². The summed E-state index contributed by atoms with van der Waals surface area (Å²) in [5, 5.41) is 12.5. The molecule has 2 N–H and O–H groups in total. The summed E-state index contributed by atoms with van der Waals surface area (Å²) < 4.78 is 4.76. The van der Waals surface area contributed by atoms with E-state index in [1.807, 2.05) is 0 Å². The summed E-state index contributed by atoms with van der Waals surface area (Å²) in [4.78, 5) is 22.8. The van der Waals surface area contributed by atoms with Gasteiger partial charge < -0.3 is 15.2 Å². The predicted octanol–water partition coefficient (Wildman–Crippen LogP) is 2.31. The van der Waals surface area contributed by atoms with Crippen molar-refractivity contribution in [3.8, 4) is 0 Å². The van der Waals surface area contributed by atoms with E-state index >= 15 is 0 Å². The van der Waals surface area contributed by atoms with Crippen molar-refractivity contribution in [3.05, 3.63) is 33.8 Å². The maximum atomic E-state index is 12.0. The van der Waals surface area contributed by atoms with E-state index in [9.17, 15) is 9.59 Å². The van der Waals surface area contributed by atoms with Gasteiger partial charge in [-0.25, -0.2) is 4.79 Å². The minimum atomic E-state index is -1.10. The zero-order valence-electron chi connectivity index (χ0n) is 11.3. The fourth-order valence-corrected chi connectivity index (χ4v) is 2.78. The van der Waals surface area contributed by atoms with Crippen LogP contribution in [0.2, 0.25) is 10.0 Å². The summed E-state index contributed by atoms with van der Waals surface area (Å²) in [6.07, 6.45) is -0.334. The number of hydrogen-bond donors (Lipinski definition) is 2. The van der Waals surface area contributed by atoms with E-state index in [1.54, 1.807) is 18.2 Å². The second-order valence-electron chi connectivity index (χ2n) is 4.96. The molecule has 0 radical (unpaired) electrons. The van der Waals surface area contributed by atoms with Gasteiger partial charge >= 0.3 is 5.97 Å². The summed E-state index contributed by atoms with van der Waals surface area (Å²) in [5.41, 5.74) is 0.925. The molecule has 1 aromatic rings. The maximum Gasteiger partial charge on any atom is 0.334 e. The van der Waals surface area contributed by atoms with Gasteiger partial charge in [0.1, 0.15) is 0 Å². The van der Waals surface area contributed by atoms with Gasteiger partial charge in [-0.15, -0.1) is 0 Å². The van der Waals surface area contributed by atoms with Gasteiger partial charge in [0.05, 0.1) is 6.54 Å². The number of amides is 1. The number of hydrogen-bond acceptors (Lipinski definition) is 3. The summed E-state index contributed by atoms with van der Waals surface area (Å²) in [6, 6.07) is 5.22. The van der Waals surface area contributed by atoms with Crippen molar-refractivity contribution in [2.24, 2.45) is 5.92 Å². The van der Waals surface area contributed by atoms with Crippen LogP contribution in [0.15, 0.2) is 18.2 Å². The van der Waals surface area contributed by atoms with Gasteiger partial charge in [0.25, 0.3) is 0 Å². The van der Waals surface area contributed by atoms with Crippen LogP contribution in [0.4, 0.5) is 0 Å². The third-order valence-corrected chi connectivity index (χ3v) is 3.90. The molecular formula is C14H15Cl2NO4. The molecule has 0 bridgehead atoms. The van der Waals surface area contributed by atoms with E-state index in [2.05, 4.69) is 5.32 Å². The lowest BCUT2D eigenvalue weighted by molar-refractivity contribution is -0.148. The van der Waals surface area contributed by atoms with Gasteiger partial charge in [0.2, 0.25) is 5.91 Å². The van der Waals surface area contributed by atoms with Gasteiger partial charge in [0, 0.05) is 23.1 Å². The second-order valence-corrected chi connectivity index (χ2v) is 5.83. The molecule has 1 saturated carbocycles. The minimum Gasteiger partial charge on any atom is -0.479 e. The van der Waals surface area contributed by atoms with Crippen LogP contribution < -0.4 is 5.32 Å². The fraction of sp³-hybridized carbons (Fsp3) is 0.429. The molecule has 2 rings (SSSR count). The largest absolute Gasteiger partial charge is 0.479 e. The van der Waals surface area contributed by atoms with Crippen molar-refractivity contribution in [2.75, 3.05) is 13.7 Å². The SMILES string of the molecule is COC(CNC(=O)C1CC1c1cc(Cl)cc(Cl)c1)C(=O)O. The molecule has 0 aliphatic heterocycles. The van der Waals surface area contributed by atoms with Gasteiger partial charge in [-0.1, -0.05) is 23.2 Å². The van der Waals surface area contributed by atoms with E-state index in [0.29, 0.717) is 16.5 Å². The van der Waals surface area contributed by atoms with Crippen LogP contribution in [0.25, 0.3) is 0 Å². The lowest BCUT2D eigenvalue weighted by atomic mass is 10.1. The number of benzene rings is 1. The number of halogens is 2. The second kappa shape index (κ2) is 6.64. The molecular weight excluding hydrogens is 317 g/mol. The van der Waals surface area contributed by atoms with Crippen LogP contribution in [-0.4, -0.2) is 36.7 Å². The molecule has 1 fully saturated rings. The highest BCUT2D eigenvalue weighted by molar-refractivity contribution is 6.34. The van der Waals surface area contributed by atoms with E-state index in [-0.39, 0.29) is 24.3 Å². The molecule has 0 aromatic heterocycles. The Morgan fingerprint density at radius 3 is 2.52 bits per heavy atom. The van der Waals surface area contributed by atoms with Crippen molar-refractivity contribution in [1.82, 2.24) is 5.32 Å². The van der Waals surface area contributed by atoms with Crippen LogP contribution in [0.3, 0.4) is 0 Å². The lowest BCUT2D eigenvalue weighted by Crippen LogP contribution is -2.38. The smallest absolute Gasteiger partial charge is 0.334 e. The molecule has 0 heterocycles.